The Morgan fingerprint density at radius 1 is 0.613 bits per heavy atom. The van der Waals surface area contributed by atoms with Crippen LogP contribution >= 0.6 is 7.82 Å². The van der Waals surface area contributed by atoms with E-state index in [1.165, 1.54) is 0 Å². The molecule has 0 radical (unpaired) electrons. The summed E-state index contributed by atoms with van der Waals surface area (Å²) >= 11 is 0. The van der Waals surface area contributed by atoms with Gasteiger partial charge in [-0.15, -0.1) is 0 Å². The number of hydrogen-bond donors (Lipinski definition) is 2. The van der Waals surface area contributed by atoms with Crippen LogP contribution in [0.3, 0.4) is 0 Å². The second-order valence-corrected chi connectivity index (χ2v) is 17.5. The summed E-state index contributed by atoms with van der Waals surface area (Å²) in [5, 5.41) is 20.2. The van der Waals surface area contributed by atoms with Gasteiger partial charge in [-0.1, -0.05) is 149 Å². The van der Waals surface area contributed by atoms with Crippen molar-refractivity contribution in [1.29, 1.82) is 0 Å². The van der Waals surface area contributed by atoms with Crippen LogP contribution in [0.1, 0.15) is 129 Å². The van der Waals surface area contributed by atoms with Gasteiger partial charge in [0.25, 0.3) is 7.82 Å². The fraction of sp³-hybridized carbons (Fsp3) is 0.600. The molecule has 0 aromatic heterocycles. The van der Waals surface area contributed by atoms with Crippen molar-refractivity contribution in [3.05, 3.63) is 109 Å². The molecule has 0 heterocycles. The number of rotatable bonds is 39. The molecule has 1 unspecified atom stereocenters. The number of carbonyl (C=O) groups excluding carboxylic acids is 2. The van der Waals surface area contributed by atoms with E-state index in [2.05, 4.69) is 74.6 Å². The Bertz CT molecular complexity index is 1450. The highest BCUT2D eigenvalue weighted by molar-refractivity contribution is 7.45. The summed E-state index contributed by atoms with van der Waals surface area (Å²) in [4.78, 5) is 37.6. The van der Waals surface area contributed by atoms with Crippen molar-refractivity contribution in [2.24, 2.45) is 0 Å². The minimum atomic E-state index is -4.71. The topological polar surface area (TPSA) is 152 Å². The highest BCUT2D eigenvalue weighted by Crippen LogP contribution is 2.38. The zero-order valence-electron chi connectivity index (χ0n) is 38.7. The van der Waals surface area contributed by atoms with E-state index in [9.17, 15) is 29.3 Å². The number of phosphoric ester groups is 1. The molecule has 0 aliphatic rings. The standard InChI is InChI=1S/C50H82NO10P/c1-6-8-10-11-12-13-14-15-16-17-18-19-20-21-22-23-27-30-34-40-49(54)58-44-48(45-60-62(56,57)59-43-42-51(3,4)5)61-50(55)41-35-39-47(53)38-33-29-26-24-25-28-32-37-46(52)36-31-9-7-2/h8,10,12-13,15-16,18-19,21-22,25-26,28-29,32-33,37-38,46-48,52-53H,6-7,9,11,14,17,20,23-24,27,30-31,34-36,39-45H2,1-5H3/b10-8-,13-12-,16-15-,19-18-,22-21-,28-25-,29-26-,37-32+,38-33+/t46-,47-,48-/m1/s1. The number of phosphoric acid groups is 1. The van der Waals surface area contributed by atoms with Gasteiger partial charge in [0.1, 0.15) is 19.8 Å². The summed E-state index contributed by atoms with van der Waals surface area (Å²) in [6, 6.07) is 0. The van der Waals surface area contributed by atoms with Crippen LogP contribution in [0, 0.1) is 0 Å². The van der Waals surface area contributed by atoms with Crippen LogP contribution < -0.4 is 4.89 Å². The van der Waals surface area contributed by atoms with Crippen molar-refractivity contribution in [3.63, 3.8) is 0 Å². The highest BCUT2D eigenvalue weighted by Gasteiger charge is 2.22. The third kappa shape index (κ3) is 43.2. The van der Waals surface area contributed by atoms with Crippen molar-refractivity contribution in [3.8, 4) is 0 Å². The second-order valence-electron chi connectivity index (χ2n) is 16.1. The van der Waals surface area contributed by atoms with Gasteiger partial charge in [0, 0.05) is 12.8 Å². The number of likely N-dealkylation sites (N-methyl/N-ethyl adjacent to an activating group) is 1. The minimum absolute atomic E-state index is 0.0380. The van der Waals surface area contributed by atoms with Crippen LogP contribution in [-0.4, -0.2) is 92.5 Å². The fourth-order valence-corrected chi connectivity index (χ4v) is 6.09. The first kappa shape index (κ1) is 58.6. The molecule has 0 aliphatic carbocycles. The summed E-state index contributed by atoms with van der Waals surface area (Å²) in [5.74, 6) is -1.11. The lowest BCUT2D eigenvalue weighted by Crippen LogP contribution is -2.37. The number of carbonyl (C=O) groups is 2. The molecule has 62 heavy (non-hydrogen) atoms. The van der Waals surface area contributed by atoms with Crippen LogP contribution in [0.2, 0.25) is 0 Å². The molecule has 0 aliphatic heterocycles. The molecule has 0 fully saturated rings. The van der Waals surface area contributed by atoms with E-state index in [1.54, 1.807) is 18.2 Å². The zero-order chi connectivity index (χ0) is 46.0. The van der Waals surface area contributed by atoms with Gasteiger partial charge in [-0.05, 0) is 77.0 Å². The van der Waals surface area contributed by atoms with Crippen molar-refractivity contribution in [1.82, 2.24) is 0 Å². The quantitative estimate of drug-likeness (QED) is 0.0152. The lowest BCUT2D eigenvalue weighted by atomic mass is 10.1. The number of aliphatic hydroxyl groups is 2. The van der Waals surface area contributed by atoms with Gasteiger partial charge in [-0.25, -0.2) is 0 Å². The van der Waals surface area contributed by atoms with Crippen LogP contribution in [0.5, 0.6) is 0 Å². The predicted octanol–water partition coefficient (Wildman–Crippen LogP) is 10.4. The average molecular weight is 888 g/mol. The number of esters is 2. The van der Waals surface area contributed by atoms with Crippen LogP contribution in [0.4, 0.5) is 0 Å². The van der Waals surface area contributed by atoms with Gasteiger partial charge in [-0.3, -0.25) is 14.2 Å². The monoisotopic (exact) mass is 888 g/mol. The number of nitrogens with zero attached hydrogens (tertiary/aromatic N) is 1. The van der Waals surface area contributed by atoms with E-state index in [0.717, 1.165) is 77.0 Å². The maximum Gasteiger partial charge on any atom is 0.306 e. The maximum absolute atomic E-state index is 12.7. The van der Waals surface area contributed by atoms with Crippen molar-refractivity contribution in [2.75, 3.05) is 47.5 Å². The van der Waals surface area contributed by atoms with Crippen LogP contribution in [-0.2, 0) is 32.7 Å². The smallest absolute Gasteiger partial charge is 0.306 e. The molecule has 0 bridgehead atoms. The minimum Gasteiger partial charge on any atom is -0.756 e. The molecule has 0 aromatic carbocycles. The normalized spacial score (nSPS) is 15.5. The van der Waals surface area contributed by atoms with Gasteiger partial charge in [0.2, 0.25) is 0 Å². The molecule has 0 amide bonds. The van der Waals surface area contributed by atoms with Gasteiger partial charge >= 0.3 is 11.9 Å². The zero-order valence-corrected chi connectivity index (χ0v) is 39.6. The summed E-state index contributed by atoms with van der Waals surface area (Å²) in [5.41, 5.74) is 0. The Labute approximate surface area is 375 Å². The van der Waals surface area contributed by atoms with Gasteiger partial charge < -0.3 is 38.1 Å². The molecular formula is C50H82NO10P. The van der Waals surface area contributed by atoms with E-state index in [1.807, 2.05) is 51.5 Å². The van der Waals surface area contributed by atoms with Gasteiger partial charge in [0.05, 0.1) is 40.0 Å². The number of hydrogen-bond acceptors (Lipinski definition) is 10. The molecule has 352 valence electrons. The Morgan fingerprint density at radius 2 is 1.15 bits per heavy atom. The SMILES string of the molecule is CC/C=C\C/C=C\C/C=C\C/C=C\C/C=C\CCCCCC(=O)OC[C@H](COP(=O)([O-])OCC[N+](C)(C)C)OC(=O)CCC[C@H](O)/C=C/C=C\C/C=C\C=C\[C@H](O)CCCCC. The average Bonchev–Trinajstić information content (AvgIpc) is 3.21. The molecule has 0 saturated heterocycles. The van der Waals surface area contributed by atoms with Crippen LogP contribution in [0.15, 0.2) is 109 Å². The summed E-state index contributed by atoms with van der Waals surface area (Å²) in [6.07, 6.45) is 47.6. The van der Waals surface area contributed by atoms with Crippen LogP contribution in [0.25, 0.3) is 0 Å². The number of allylic oxidation sites excluding steroid dienone is 16. The number of unbranched alkanes of at least 4 members (excludes halogenated alkanes) is 5. The first-order valence-electron chi connectivity index (χ1n) is 22.8. The fourth-order valence-electron chi connectivity index (χ4n) is 5.36. The molecule has 0 aromatic rings. The van der Waals surface area contributed by atoms with Gasteiger partial charge in [0.15, 0.2) is 6.10 Å². The van der Waals surface area contributed by atoms with E-state index >= 15 is 0 Å². The Balaban J connectivity index is 4.66. The highest BCUT2D eigenvalue weighted by atomic mass is 31.2. The van der Waals surface area contributed by atoms with E-state index in [-0.39, 0.29) is 26.1 Å². The van der Waals surface area contributed by atoms with Crippen molar-refractivity contribution < 1.29 is 52.3 Å². The number of quaternary nitrogens is 1. The lowest BCUT2D eigenvalue weighted by Gasteiger charge is -2.28. The third-order valence-corrected chi connectivity index (χ3v) is 9.95. The molecule has 0 saturated carbocycles. The third-order valence-electron chi connectivity index (χ3n) is 8.99. The maximum atomic E-state index is 12.7. The van der Waals surface area contributed by atoms with Crippen molar-refractivity contribution >= 4 is 19.8 Å². The van der Waals surface area contributed by atoms with Gasteiger partial charge in [-0.2, -0.15) is 0 Å². The molecular weight excluding hydrogens is 806 g/mol. The van der Waals surface area contributed by atoms with Crippen molar-refractivity contribution in [2.45, 2.75) is 148 Å². The lowest BCUT2D eigenvalue weighted by molar-refractivity contribution is -0.870. The Kier molecular flexibility index (Phi) is 38.1. The van der Waals surface area contributed by atoms with E-state index < -0.39 is 44.7 Å². The first-order chi connectivity index (χ1) is 29.8. The summed E-state index contributed by atoms with van der Waals surface area (Å²) in [7, 11) is 0.978. The molecule has 2 N–H and O–H groups in total. The van der Waals surface area contributed by atoms with E-state index in [4.69, 9.17) is 18.5 Å². The van der Waals surface area contributed by atoms with E-state index in [0.29, 0.717) is 36.7 Å². The summed E-state index contributed by atoms with van der Waals surface area (Å²) < 4.78 is 33.7. The molecule has 12 heteroatoms. The molecule has 4 atom stereocenters. The molecule has 11 nitrogen and oxygen atoms in total. The number of aliphatic hydroxyl groups excluding tert-OH is 2. The summed E-state index contributed by atoms with van der Waals surface area (Å²) in [6.45, 7) is 3.67. The second kappa shape index (κ2) is 40.4. The Morgan fingerprint density at radius 3 is 1.71 bits per heavy atom. The molecule has 0 rings (SSSR count). The first-order valence-corrected chi connectivity index (χ1v) is 24.3. The molecule has 0 spiro atoms. The predicted molar refractivity (Wildman–Crippen MR) is 252 cm³/mol. The Hall–Kier alpha value is -3.41. The number of ether oxygens (including phenoxy) is 2. The largest absolute Gasteiger partial charge is 0.756 e.